The summed E-state index contributed by atoms with van der Waals surface area (Å²) in [7, 11) is 4.21. The molecule has 1 aliphatic heterocycles. The van der Waals surface area contributed by atoms with E-state index in [1.165, 1.54) is 11.3 Å². The van der Waals surface area contributed by atoms with Gasteiger partial charge in [-0.2, -0.15) is 0 Å². The minimum atomic E-state index is 0. The number of nitrogens with zero attached hydrogens (tertiary/aromatic N) is 3. The number of nitrogens with one attached hydrogen (secondary N) is 1. The van der Waals surface area contributed by atoms with Gasteiger partial charge < -0.3 is 15.1 Å². The molecular formula is C17H29IN4. The number of hydrogen-bond donors (Lipinski definition) is 1. The Morgan fingerprint density at radius 2 is 2.00 bits per heavy atom. The fraction of sp³-hybridized carbons (Fsp3) is 0.588. The maximum absolute atomic E-state index is 4.88. The van der Waals surface area contributed by atoms with E-state index in [4.69, 9.17) is 4.99 Å². The molecular weight excluding hydrogens is 387 g/mol. The maximum Gasteiger partial charge on any atom is 0.198 e. The first-order chi connectivity index (χ1) is 9.95. The zero-order chi connectivity index (χ0) is 15.5. The van der Waals surface area contributed by atoms with Gasteiger partial charge in [0.2, 0.25) is 0 Å². The lowest BCUT2D eigenvalue weighted by molar-refractivity contribution is 0.205. The lowest BCUT2D eigenvalue weighted by Crippen LogP contribution is -2.45. The molecule has 0 unspecified atom stereocenters. The Hall–Kier alpha value is -0.820. The van der Waals surface area contributed by atoms with Crippen LogP contribution in [0, 0.1) is 0 Å². The summed E-state index contributed by atoms with van der Waals surface area (Å²) in [5.41, 5.74) is 2.76. The van der Waals surface area contributed by atoms with E-state index in [2.05, 4.69) is 74.2 Å². The molecule has 0 bridgehead atoms. The molecule has 4 nitrogen and oxygen atoms in total. The van der Waals surface area contributed by atoms with Crippen LogP contribution in [0.1, 0.15) is 26.3 Å². The Balaban J connectivity index is 0.00000242. The molecule has 2 rings (SSSR count). The zero-order valence-corrected chi connectivity index (χ0v) is 16.7. The largest absolute Gasteiger partial charge is 0.356 e. The second-order valence-electron chi connectivity index (χ2n) is 6.41. The summed E-state index contributed by atoms with van der Waals surface area (Å²) >= 11 is 0. The molecule has 0 fully saturated rings. The SMILES string of the molecule is CCNC(=NCC(C)(C)N(C)C)N1CCc2ccccc21.I. The van der Waals surface area contributed by atoms with Gasteiger partial charge in [0, 0.05) is 24.3 Å². The molecule has 0 atom stereocenters. The van der Waals surface area contributed by atoms with Crippen LogP contribution in [0.15, 0.2) is 29.3 Å². The van der Waals surface area contributed by atoms with E-state index in [-0.39, 0.29) is 29.5 Å². The normalized spacial score (nSPS) is 14.8. The van der Waals surface area contributed by atoms with Gasteiger partial charge in [-0.15, -0.1) is 24.0 Å². The Morgan fingerprint density at radius 3 is 2.64 bits per heavy atom. The van der Waals surface area contributed by atoms with E-state index in [0.717, 1.165) is 32.0 Å². The topological polar surface area (TPSA) is 30.9 Å². The Kier molecular flexibility index (Phi) is 7.12. The highest BCUT2D eigenvalue weighted by atomic mass is 127. The lowest BCUT2D eigenvalue weighted by Gasteiger charge is -2.32. The second kappa shape index (κ2) is 8.15. The van der Waals surface area contributed by atoms with Crippen LogP contribution in [-0.2, 0) is 6.42 Å². The van der Waals surface area contributed by atoms with Crippen molar-refractivity contribution in [2.24, 2.45) is 4.99 Å². The molecule has 5 heteroatoms. The van der Waals surface area contributed by atoms with Crippen molar-refractivity contribution in [3.63, 3.8) is 0 Å². The number of likely N-dealkylation sites (N-methyl/N-ethyl adjacent to an activating group) is 1. The molecule has 0 aliphatic carbocycles. The summed E-state index contributed by atoms with van der Waals surface area (Å²) in [6, 6.07) is 8.61. The Bertz CT molecular complexity index is 511. The molecule has 1 heterocycles. The van der Waals surface area contributed by atoms with Crippen LogP contribution < -0.4 is 10.2 Å². The summed E-state index contributed by atoms with van der Waals surface area (Å²) in [4.78, 5) is 9.41. The molecule has 0 saturated carbocycles. The monoisotopic (exact) mass is 416 g/mol. The summed E-state index contributed by atoms with van der Waals surface area (Å²) < 4.78 is 0. The van der Waals surface area contributed by atoms with Crippen molar-refractivity contribution in [1.29, 1.82) is 0 Å². The number of aliphatic imine (C=N–C) groups is 1. The van der Waals surface area contributed by atoms with Crippen LogP contribution in [0.2, 0.25) is 0 Å². The molecule has 0 spiro atoms. The van der Waals surface area contributed by atoms with Crippen LogP contribution in [0.3, 0.4) is 0 Å². The number of para-hydroxylation sites is 1. The number of anilines is 1. The van der Waals surface area contributed by atoms with Crippen LogP contribution in [0.25, 0.3) is 0 Å². The van der Waals surface area contributed by atoms with Crippen molar-refractivity contribution in [3.8, 4) is 0 Å². The third-order valence-corrected chi connectivity index (χ3v) is 4.30. The number of hydrogen-bond acceptors (Lipinski definition) is 2. The average molecular weight is 416 g/mol. The van der Waals surface area contributed by atoms with E-state index in [1.54, 1.807) is 0 Å². The van der Waals surface area contributed by atoms with Crippen LogP contribution in [0.5, 0.6) is 0 Å². The van der Waals surface area contributed by atoms with Gasteiger partial charge in [0.25, 0.3) is 0 Å². The molecule has 22 heavy (non-hydrogen) atoms. The molecule has 1 aromatic rings. The first kappa shape index (κ1) is 19.2. The van der Waals surface area contributed by atoms with Crippen molar-refractivity contribution < 1.29 is 0 Å². The van der Waals surface area contributed by atoms with E-state index >= 15 is 0 Å². The van der Waals surface area contributed by atoms with Gasteiger partial charge in [0.1, 0.15) is 0 Å². The fourth-order valence-electron chi connectivity index (χ4n) is 2.36. The molecule has 1 aliphatic rings. The van der Waals surface area contributed by atoms with E-state index < -0.39 is 0 Å². The van der Waals surface area contributed by atoms with Gasteiger partial charge in [0.15, 0.2) is 5.96 Å². The maximum atomic E-state index is 4.88. The van der Waals surface area contributed by atoms with Crippen LogP contribution in [0.4, 0.5) is 5.69 Å². The number of guanidine groups is 1. The highest BCUT2D eigenvalue weighted by molar-refractivity contribution is 14.0. The minimum absolute atomic E-state index is 0. The summed E-state index contributed by atoms with van der Waals surface area (Å²) in [6.07, 6.45) is 1.09. The average Bonchev–Trinajstić information content (AvgIpc) is 2.87. The number of rotatable bonds is 4. The third-order valence-electron chi connectivity index (χ3n) is 4.30. The summed E-state index contributed by atoms with van der Waals surface area (Å²) in [5, 5.41) is 3.43. The third kappa shape index (κ3) is 4.35. The zero-order valence-electron chi connectivity index (χ0n) is 14.4. The van der Waals surface area contributed by atoms with Crippen molar-refractivity contribution in [2.75, 3.05) is 38.6 Å². The molecule has 0 aromatic heterocycles. The molecule has 1 N–H and O–H groups in total. The van der Waals surface area contributed by atoms with Gasteiger partial charge in [-0.1, -0.05) is 18.2 Å². The molecule has 0 radical (unpaired) electrons. The second-order valence-corrected chi connectivity index (χ2v) is 6.41. The minimum Gasteiger partial charge on any atom is -0.356 e. The van der Waals surface area contributed by atoms with Crippen molar-refractivity contribution in [2.45, 2.75) is 32.7 Å². The number of halogens is 1. The van der Waals surface area contributed by atoms with Crippen molar-refractivity contribution >= 4 is 35.6 Å². The molecule has 0 saturated heterocycles. The Morgan fingerprint density at radius 1 is 1.32 bits per heavy atom. The van der Waals surface area contributed by atoms with Gasteiger partial charge in [-0.25, -0.2) is 0 Å². The number of fused-ring (bicyclic) bond motifs is 1. The standard InChI is InChI=1S/C17H28N4.HI/c1-6-18-16(19-13-17(2,3)20(4)5)21-12-11-14-9-7-8-10-15(14)21;/h7-10H,6,11-13H2,1-5H3,(H,18,19);1H. The molecule has 124 valence electrons. The fourth-order valence-corrected chi connectivity index (χ4v) is 2.36. The summed E-state index contributed by atoms with van der Waals surface area (Å²) in [5.74, 6) is 0.998. The predicted octanol–water partition coefficient (Wildman–Crippen LogP) is 2.97. The van der Waals surface area contributed by atoms with Crippen molar-refractivity contribution in [1.82, 2.24) is 10.2 Å². The summed E-state index contributed by atoms with van der Waals surface area (Å²) in [6.45, 7) is 9.24. The van der Waals surface area contributed by atoms with Crippen LogP contribution >= 0.6 is 24.0 Å². The number of benzene rings is 1. The first-order valence-electron chi connectivity index (χ1n) is 7.77. The van der Waals surface area contributed by atoms with Gasteiger partial charge in [-0.05, 0) is 52.9 Å². The van der Waals surface area contributed by atoms with E-state index in [1.807, 2.05) is 0 Å². The highest BCUT2D eigenvalue weighted by Crippen LogP contribution is 2.27. The quantitative estimate of drug-likeness (QED) is 0.465. The van der Waals surface area contributed by atoms with Gasteiger partial charge in [0.05, 0.1) is 6.54 Å². The van der Waals surface area contributed by atoms with Crippen LogP contribution in [-0.4, -0.2) is 50.1 Å². The molecule has 1 aromatic carbocycles. The van der Waals surface area contributed by atoms with Crippen molar-refractivity contribution in [3.05, 3.63) is 29.8 Å². The highest BCUT2D eigenvalue weighted by Gasteiger charge is 2.24. The first-order valence-corrected chi connectivity index (χ1v) is 7.77. The van der Waals surface area contributed by atoms with Gasteiger partial charge in [-0.3, -0.25) is 4.99 Å². The Labute approximate surface area is 152 Å². The predicted molar refractivity (Wildman–Crippen MR) is 107 cm³/mol. The van der Waals surface area contributed by atoms with E-state index in [0.29, 0.717) is 0 Å². The smallest absolute Gasteiger partial charge is 0.198 e. The lowest BCUT2D eigenvalue weighted by atomic mass is 10.1. The van der Waals surface area contributed by atoms with E-state index in [9.17, 15) is 0 Å². The van der Waals surface area contributed by atoms with Gasteiger partial charge >= 0.3 is 0 Å². The molecule has 0 amide bonds.